The standard InChI is InChI=1S/C15H32N2/c1-7-15(6)11-17(9-8-12(2)3)14(10-16-15)13(4)5/h12-14,16H,7-11H2,1-6H3. The van der Waals surface area contributed by atoms with Crippen LogP contribution in [0.5, 0.6) is 0 Å². The highest BCUT2D eigenvalue weighted by molar-refractivity contribution is 4.95. The second kappa shape index (κ2) is 6.19. The van der Waals surface area contributed by atoms with Crippen LogP contribution in [0, 0.1) is 11.8 Å². The number of piperazine rings is 1. The summed E-state index contributed by atoms with van der Waals surface area (Å²) in [6.07, 6.45) is 2.54. The third-order valence-electron chi connectivity index (χ3n) is 4.30. The van der Waals surface area contributed by atoms with Crippen molar-refractivity contribution in [3.05, 3.63) is 0 Å². The number of rotatable bonds is 5. The molecule has 1 aliphatic heterocycles. The summed E-state index contributed by atoms with van der Waals surface area (Å²) in [5.41, 5.74) is 0.322. The summed E-state index contributed by atoms with van der Waals surface area (Å²) in [4.78, 5) is 2.73. The topological polar surface area (TPSA) is 15.3 Å². The number of hydrogen-bond acceptors (Lipinski definition) is 2. The Bertz CT molecular complexity index is 225. The van der Waals surface area contributed by atoms with Crippen LogP contribution in [-0.4, -0.2) is 36.1 Å². The predicted molar refractivity (Wildman–Crippen MR) is 76.4 cm³/mol. The van der Waals surface area contributed by atoms with E-state index in [1.54, 1.807) is 0 Å². The van der Waals surface area contributed by atoms with Crippen LogP contribution in [0.25, 0.3) is 0 Å². The van der Waals surface area contributed by atoms with E-state index in [0.717, 1.165) is 18.4 Å². The second-order valence-electron chi connectivity index (χ2n) is 6.76. The lowest BCUT2D eigenvalue weighted by Crippen LogP contribution is -2.64. The van der Waals surface area contributed by atoms with Gasteiger partial charge in [-0.25, -0.2) is 0 Å². The first-order valence-electron chi connectivity index (χ1n) is 7.37. The smallest absolute Gasteiger partial charge is 0.0278 e. The molecule has 2 heteroatoms. The molecule has 1 fully saturated rings. The molecule has 1 rings (SSSR count). The van der Waals surface area contributed by atoms with Gasteiger partial charge in [-0.15, -0.1) is 0 Å². The van der Waals surface area contributed by atoms with Crippen molar-refractivity contribution in [2.45, 2.75) is 66.0 Å². The third kappa shape index (κ3) is 4.26. The maximum atomic E-state index is 3.75. The minimum absolute atomic E-state index is 0.322. The molecule has 0 aliphatic carbocycles. The maximum absolute atomic E-state index is 3.75. The lowest BCUT2D eigenvalue weighted by atomic mass is 9.89. The highest BCUT2D eigenvalue weighted by atomic mass is 15.3. The van der Waals surface area contributed by atoms with Gasteiger partial charge >= 0.3 is 0 Å². The van der Waals surface area contributed by atoms with Crippen LogP contribution in [0.3, 0.4) is 0 Å². The van der Waals surface area contributed by atoms with E-state index in [9.17, 15) is 0 Å². The molecule has 102 valence electrons. The van der Waals surface area contributed by atoms with Crippen LogP contribution < -0.4 is 5.32 Å². The van der Waals surface area contributed by atoms with E-state index < -0.39 is 0 Å². The van der Waals surface area contributed by atoms with Crippen molar-refractivity contribution in [2.24, 2.45) is 11.8 Å². The lowest BCUT2D eigenvalue weighted by Gasteiger charge is -2.47. The molecule has 1 saturated heterocycles. The van der Waals surface area contributed by atoms with Crippen molar-refractivity contribution in [1.82, 2.24) is 10.2 Å². The Morgan fingerprint density at radius 1 is 1.29 bits per heavy atom. The molecule has 1 aliphatic rings. The molecular weight excluding hydrogens is 208 g/mol. The van der Waals surface area contributed by atoms with Gasteiger partial charge in [0, 0.05) is 24.7 Å². The highest BCUT2D eigenvalue weighted by Gasteiger charge is 2.35. The van der Waals surface area contributed by atoms with Crippen molar-refractivity contribution in [1.29, 1.82) is 0 Å². The van der Waals surface area contributed by atoms with Gasteiger partial charge in [0.05, 0.1) is 0 Å². The van der Waals surface area contributed by atoms with Gasteiger partial charge in [-0.3, -0.25) is 4.90 Å². The summed E-state index contributed by atoms with van der Waals surface area (Å²) >= 11 is 0. The summed E-state index contributed by atoms with van der Waals surface area (Å²) in [7, 11) is 0. The molecule has 0 spiro atoms. The van der Waals surface area contributed by atoms with Gasteiger partial charge in [0.1, 0.15) is 0 Å². The predicted octanol–water partition coefficient (Wildman–Crippen LogP) is 3.13. The first-order valence-corrected chi connectivity index (χ1v) is 7.37. The van der Waals surface area contributed by atoms with Crippen molar-refractivity contribution in [3.63, 3.8) is 0 Å². The van der Waals surface area contributed by atoms with Crippen LogP contribution in [-0.2, 0) is 0 Å². The van der Waals surface area contributed by atoms with Gasteiger partial charge in [-0.1, -0.05) is 34.6 Å². The van der Waals surface area contributed by atoms with E-state index in [-0.39, 0.29) is 0 Å². The maximum Gasteiger partial charge on any atom is 0.0278 e. The molecule has 0 aromatic carbocycles. The van der Waals surface area contributed by atoms with Crippen LogP contribution in [0.1, 0.15) is 54.4 Å². The molecule has 2 nitrogen and oxygen atoms in total. The normalized spacial score (nSPS) is 31.4. The molecule has 0 aromatic heterocycles. The molecule has 1 N–H and O–H groups in total. The summed E-state index contributed by atoms with van der Waals surface area (Å²) in [6.45, 7) is 17.6. The number of hydrogen-bond donors (Lipinski definition) is 1. The molecule has 2 unspecified atom stereocenters. The van der Waals surface area contributed by atoms with E-state index in [4.69, 9.17) is 0 Å². The summed E-state index contributed by atoms with van der Waals surface area (Å²) in [5.74, 6) is 1.56. The Morgan fingerprint density at radius 3 is 2.41 bits per heavy atom. The van der Waals surface area contributed by atoms with Gasteiger partial charge in [-0.05, 0) is 38.1 Å². The van der Waals surface area contributed by atoms with Gasteiger partial charge in [-0.2, -0.15) is 0 Å². The lowest BCUT2D eigenvalue weighted by molar-refractivity contribution is 0.0566. The highest BCUT2D eigenvalue weighted by Crippen LogP contribution is 2.23. The van der Waals surface area contributed by atoms with E-state index in [1.807, 2.05) is 0 Å². The van der Waals surface area contributed by atoms with Gasteiger partial charge in [0.2, 0.25) is 0 Å². The van der Waals surface area contributed by atoms with Crippen LogP contribution in [0.4, 0.5) is 0 Å². The first-order chi connectivity index (χ1) is 7.88. The molecule has 0 saturated carbocycles. The van der Waals surface area contributed by atoms with Crippen LogP contribution in [0.2, 0.25) is 0 Å². The fourth-order valence-corrected chi connectivity index (χ4v) is 2.66. The number of nitrogens with one attached hydrogen (secondary N) is 1. The fraction of sp³-hybridized carbons (Fsp3) is 1.00. The zero-order valence-corrected chi connectivity index (χ0v) is 12.7. The van der Waals surface area contributed by atoms with Crippen molar-refractivity contribution >= 4 is 0 Å². The molecular formula is C15H32N2. The second-order valence-corrected chi connectivity index (χ2v) is 6.76. The Balaban J connectivity index is 2.62. The molecule has 17 heavy (non-hydrogen) atoms. The van der Waals surface area contributed by atoms with Gasteiger partial charge in [0.15, 0.2) is 0 Å². The summed E-state index contributed by atoms with van der Waals surface area (Å²) in [6, 6.07) is 0.716. The Kier molecular flexibility index (Phi) is 5.46. The van der Waals surface area contributed by atoms with E-state index in [0.29, 0.717) is 11.6 Å². The van der Waals surface area contributed by atoms with Crippen LogP contribution in [0.15, 0.2) is 0 Å². The summed E-state index contributed by atoms with van der Waals surface area (Å²) < 4.78 is 0. The van der Waals surface area contributed by atoms with Crippen LogP contribution >= 0.6 is 0 Å². The molecule has 2 atom stereocenters. The van der Waals surface area contributed by atoms with E-state index >= 15 is 0 Å². The largest absolute Gasteiger partial charge is 0.309 e. The van der Waals surface area contributed by atoms with Crippen molar-refractivity contribution in [2.75, 3.05) is 19.6 Å². The molecule has 0 amide bonds. The van der Waals surface area contributed by atoms with E-state index in [2.05, 4.69) is 51.8 Å². The monoisotopic (exact) mass is 240 g/mol. The Morgan fingerprint density at radius 2 is 1.94 bits per heavy atom. The SMILES string of the molecule is CCC1(C)CN(CCC(C)C)C(C(C)C)CN1. The number of nitrogens with zero attached hydrogens (tertiary/aromatic N) is 1. The first kappa shape index (κ1) is 15.0. The zero-order valence-electron chi connectivity index (χ0n) is 12.7. The average molecular weight is 240 g/mol. The molecule has 0 bridgehead atoms. The van der Waals surface area contributed by atoms with Crippen molar-refractivity contribution < 1.29 is 0 Å². The Hall–Kier alpha value is -0.0800. The van der Waals surface area contributed by atoms with Gasteiger partial charge < -0.3 is 5.32 Å². The van der Waals surface area contributed by atoms with E-state index in [1.165, 1.54) is 25.9 Å². The third-order valence-corrected chi connectivity index (χ3v) is 4.30. The molecule has 0 aromatic rings. The average Bonchev–Trinajstić information content (AvgIpc) is 2.26. The quantitative estimate of drug-likeness (QED) is 0.794. The zero-order chi connectivity index (χ0) is 13.1. The fourth-order valence-electron chi connectivity index (χ4n) is 2.66. The molecule has 1 heterocycles. The minimum atomic E-state index is 0.322. The summed E-state index contributed by atoms with van der Waals surface area (Å²) in [5, 5.41) is 3.75. The Labute approximate surface area is 108 Å². The van der Waals surface area contributed by atoms with Crippen molar-refractivity contribution in [3.8, 4) is 0 Å². The molecule has 0 radical (unpaired) electrons. The minimum Gasteiger partial charge on any atom is -0.309 e. The van der Waals surface area contributed by atoms with Gasteiger partial charge in [0.25, 0.3) is 0 Å².